The number of nitrogens with zero attached hydrogens (tertiary/aromatic N) is 2. The number of aromatic nitrogens is 2. The molecule has 1 aromatic heterocycles. The van der Waals surface area contributed by atoms with Gasteiger partial charge in [-0.1, -0.05) is 0 Å². The van der Waals surface area contributed by atoms with Gasteiger partial charge in [-0.3, -0.25) is 4.79 Å². The molecule has 1 aromatic carbocycles. The molecular weight excluding hydrogens is 173 g/mol. The summed E-state index contributed by atoms with van der Waals surface area (Å²) in [5.74, 6) is 4.94. The van der Waals surface area contributed by atoms with Crippen molar-refractivity contribution in [2.45, 2.75) is 0 Å². The lowest BCUT2D eigenvalue weighted by molar-refractivity contribution is 0.628. The van der Waals surface area contributed by atoms with Crippen molar-refractivity contribution in [3.63, 3.8) is 0 Å². The van der Waals surface area contributed by atoms with Crippen LogP contribution in [0.5, 0.6) is 0 Å². The molecule has 1 heterocycles. The number of hydrogen-bond acceptors (Lipinski definition) is 3. The van der Waals surface area contributed by atoms with Gasteiger partial charge >= 0.3 is 0 Å². The Hall–Kier alpha value is -1.91. The molecule has 0 unspecified atom stereocenters. The van der Waals surface area contributed by atoms with E-state index in [4.69, 9.17) is 5.84 Å². The molecule has 0 aliphatic heterocycles. The fourth-order valence-electron chi connectivity index (χ4n) is 1.10. The maximum Gasteiger partial charge on any atom is 0.287 e. The lowest BCUT2D eigenvalue weighted by Crippen LogP contribution is -2.27. The minimum Gasteiger partial charge on any atom is -0.336 e. The van der Waals surface area contributed by atoms with E-state index in [9.17, 15) is 9.18 Å². The van der Waals surface area contributed by atoms with Crippen molar-refractivity contribution < 1.29 is 4.39 Å². The van der Waals surface area contributed by atoms with Gasteiger partial charge in [-0.15, -0.1) is 0 Å². The zero-order valence-electron chi connectivity index (χ0n) is 6.57. The van der Waals surface area contributed by atoms with Crippen molar-refractivity contribution in [2.24, 2.45) is 0 Å². The molecule has 13 heavy (non-hydrogen) atoms. The van der Waals surface area contributed by atoms with E-state index >= 15 is 0 Å². The molecular formula is C8H6FN3O. The number of hydrogen-bond donors (Lipinski definition) is 1. The number of nitrogen functional groups attached to an aromatic ring is 1. The normalized spacial score (nSPS) is 10.5. The first kappa shape index (κ1) is 7.72. The summed E-state index contributed by atoms with van der Waals surface area (Å²) >= 11 is 0. The van der Waals surface area contributed by atoms with Crippen molar-refractivity contribution in [1.29, 1.82) is 0 Å². The highest BCUT2D eigenvalue weighted by molar-refractivity contribution is 5.74. The highest BCUT2D eigenvalue weighted by atomic mass is 19.1. The van der Waals surface area contributed by atoms with Crippen molar-refractivity contribution in [1.82, 2.24) is 9.66 Å². The van der Waals surface area contributed by atoms with Crippen LogP contribution in [0, 0.1) is 5.82 Å². The monoisotopic (exact) mass is 179 g/mol. The van der Waals surface area contributed by atoms with Crippen LogP contribution in [-0.4, -0.2) is 9.66 Å². The molecule has 0 saturated carbocycles. The first-order chi connectivity index (χ1) is 6.18. The minimum atomic E-state index is -0.460. The third-order valence-electron chi connectivity index (χ3n) is 1.75. The van der Waals surface area contributed by atoms with Gasteiger partial charge in [0.1, 0.15) is 5.82 Å². The Morgan fingerprint density at radius 1 is 1.46 bits per heavy atom. The summed E-state index contributed by atoms with van der Waals surface area (Å²) in [7, 11) is 0. The van der Waals surface area contributed by atoms with Crippen LogP contribution in [0.3, 0.4) is 0 Å². The third-order valence-corrected chi connectivity index (χ3v) is 1.75. The van der Waals surface area contributed by atoms with Crippen LogP contribution < -0.4 is 11.4 Å². The van der Waals surface area contributed by atoms with E-state index < -0.39 is 11.4 Å². The van der Waals surface area contributed by atoms with E-state index in [-0.39, 0.29) is 5.52 Å². The average molecular weight is 179 g/mol. The third kappa shape index (κ3) is 1.14. The van der Waals surface area contributed by atoms with Crippen LogP contribution in [-0.2, 0) is 0 Å². The van der Waals surface area contributed by atoms with Crippen LogP contribution in [0.2, 0.25) is 0 Å². The van der Waals surface area contributed by atoms with Gasteiger partial charge in [-0.25, -0.2) is 14.1 Å². The highest BCUT2D eigenvalue weighted by Gasteiger charge is 2.01. The molecule has 0 saturated heterocycles. The van der Waals surface area contributed by atoms with Crippen molar-refractivity contribution in [3.05, 3.63) is 40.6 Å². The van der Waals surface area contributed by atoms with E-state index in [1.165, 1.54) is 18.2 Å². The van der Waals surface area contributed by atoms with Gasteiger partial charge in [0.15, 0.2) is 0 Å². The number of halogens is 1. The van der Waals surface area contributed by atoms with E-state index in [0.29, 0.717) is 5.52 Å². The van der Waals surface area contributed by atoms with Gasteiger partial charge in [-0.2, -0.15) is 0 Å². The number of rotatable bonds is 0. The molecule has 0 radical (unpaired) electrons. The second-order valence-electron chi connectivity index (χ2n) is 2.60. The fraction of sp³-hybridized carbons (Fsp3) is 0. The first-order valence-corrected chi connectivity index (χ1v) is 3.61. The Balaban J connectivity index is 2.97. The molecule has 4 nitrogen and oxygen atoms in total. The summed E-state index contributed by atoms with van der Waals surface area (Å²) in [4.78, 5) is 14.8. The Bertz CT molecular complexity index is 520. The summed E-state index contributed by atoms with van der Waals surface area (Å²) in [6, 6.07) is 3.90. The molecule has 2 N–H and O–H groups in total. The van der Waals surface area contributed by atoms with Crippen LogP contribution in [0.1, 0.15) is 0 Å². The molecule has 0 bridgehead atoms. The molecule has 2 aromatic rings. The van der Waals surface area contributed by atoms with Crippen LogP contribution in [0.25, 0.3) is 11.0 Å². The molecule has 0 fully saturated rings. The lowest BCUT2D eigenvalue weighted by atomic mass is 10.3. The van der Waals surface area contributed by atoms with Gasteiger partial charge < -0.3 is 5.84 Å². The second kappa shape index (κ2) is 2.55. The quantitative estimate of drug-likeness (QED) is 0.589. The summed E-state index contributed by atoms with van der Waals surface area (Å²) in [6.45, 7) is 0. The van der Waals surface area contributed by atoms with Crippen molar-refractivity contribution in [3.8, 4) is 0 Å². The van der Waals surface area contributed by atoms with E-state index in [1.807, 2.05) is 0 Å². The summed E-state index contributed by atoms with van der Waals surface area (Å²) < 4.78 is 13.6. The molecule has 2 rings (SSSR count). The number of benzene rings is 1. The fourth-order valence-corrected chi connectivity index (χ4v) is 1.10. The number of fused-ring (bicyclic) bond motifs is 1. The maximum absolute atomic E-state index is 12.7. The Kier molecular flexibility index (Phi) is 1.51. The highest BCUT2D eigenvalue weighted by Crippen LogP contribution is 2.08. The van der Waals surface area contributed by atoms with Crippen LogP contribution in [0.4, 0.5) is 4.39 Å². The van der Waals surface area contributed by atoms with Gasteiger partial charge in [0.25, 0.3) is 5.56 Å². The minimum absolute atomic E-state index is 0.285. The predicted octanol–water partition coefficient (Wildman–Crippen LogP) is 0.249. The summed E-state index contributed by atoms with van der Waals surface area (Å²) in [6.07, 6.45) is 1.10. The second-order valence-corrected chi connectivity index (χ2v) is 2.60. The molecule has 0 spiro atoms. The van der Waals surface area contributed by atoms with Gasteiger partial charge in [0.05, 0.1) is 17.2 Å². The summed E-state index contributed by atoms with van der Waals surface area (Å²) in [5, 5.41) is 0. The largest absolute Gasteiger partial charge is 0.336 e. The lowest BCUT2D eigenvalue weighted by Gasteiger charge is -2.01. The molecule has 0 aliphatic carbocycles. The SMILES string of the molecule is Nn1c(=O)cnc2ccc(F)cc21. The van der Waals surface area contributed by atoms with Crippen molar-refractivity contribution in [2.75, 3.05) is 5.84 Å². The molecule has 0 amide bonds. The zero-order chi connectivity index (χ0) is 9.42. The Morgan fingerprint density at radius 3 is 3.00 bits per heavy atom. The molecule has 5 heteroatoms. The van der Waals surface area contributed by atoms with E-state index in [1.54, 1.807) is 0 Å². The first-order valence-electron chi connectivity index (χ1n) is 3.61. The van der Waals surface area contributed by atoms with Crippen LogP contribution >= 0.6 is 0 Å². The Morgan fingerprint density at radius 2 is 2.23 bits per heavy atom. The van der Waals surface area contributed by atoms with Crippen LogP contribution in [0.15, 0.2) is 29.2 Å². The van der Waals surface area contributed by atoms with Gasteiger partial charge in [0, 0.05) is 6.07 Å². The maximum atomic E-state index is 12.7. The molecule has 0 aliphatic rings. The van der Waals surface area contributed by atoms with E-state index in [2.05, 4.69) is 4.98 Å². The molecule has 0 atom stereocenters. The predicted molar refractivity (Wildman–Crippen MR) is 46.1 cm³/mol. The van der Waals surface area contributed by atoms with Gasteiger partial charge in [-0.05, 0) is 12.1 Å². The Labute approximate surface area is 72.4 Å². The standard InChI is InChI=1S/C8H6FN3O/c9-5-1-2-6-7(3-5)12(10)8(13)4-11-6/h1-4H,10H2. The zero-order valence-corrected chi connectivity index (χ0v) is 6.57. The van der Waals surface area contributed by atoms with E-state index in [0.717, 1.165) is 10.9 Å². The molecule has 66 valence electrons. The smallest absolute Gasteiger partial charge is 0.287 e. The van der Waals surface area contributed by atoms with Gasteiger partial charge in [0.2, 0.25) is 0 Å². The summed E-state index contributed by atoms with van der Waals surface area (Å²) in [5.41, 5.74) is 0.314. The average Bonchev–Trinajstić information content (AvgIpc) is 2.12. The number of nitrogens with two attached hydrogens (primary N) is 1. The van der Waals surface area contributed by atoms with Crippen molar-refractivity contribution >= 4 is 11.0 Å². The topological polar surface area (TPSA) is 60.9 Å².